The molecule has 136 valence electrons. The Kier molecular flexibility index (Phi) is 9.21. The van der Waals surface area contributed by atoms with E-state index in [9.17, 15) is 13.2 Å². The summed E-state index contributed by atoms with van der Waals surface area (Å²) in [7, 11) is -3.58. The molecule has 0 aromatic heterocycles. The number of sulfonamides is 1. The second kappa shape index (κ2) is 9.78. The monoisotopic (exact) mass is 375 g/mol. The Bertz CT molecular complexity index is 641. The van der Waals surface area contributed by atoms with Crippen LogP contribution >= 0.6 is 12.4 Å². The zero-order valence-corrected chi connectivity index (χ0v) is 15.7. The van der Waals surface area contributed by atoms with Crippen molar-refractivity contribution in [3.05, 3.63) is 42.5 Å². The van der Waals surface area contributed by atoms with Crippen LogP contribution in [0.2, 0.25) is 0 Å². The Morgan fingerprint density at radius 2 is 1.79 bits per heavy atom. The van der Waals surface area contributed by atoms with Crippen molar-refractivity contribution < 1.29 is 13.2 Å². The summed E-state index contributed by atoms with van der Waals surface area (Å²) < 4.78 is 26.2. The number of hydrogen-bond acceptors (Lipinski definition) is 4. The Balaban J connectivity index is 0.00000529. The van der Waals surface area contributed by atoms with E-state index in [0.29, 0.717) is 12.1 Å². The topological polar surface area (TPSA) is 101 Å². The van der Waals surface area contributed by atoms with Crippen LogP contribution in [0.5, 0.6) is 0 Å². The van der Waals surface area contributed by atoms with Crippen LogP contribution in [0.25, 0.3) is 0 Å². The van der Waals surface area contributed by atoms with Crippen molar-refractivity contribution in [2.45, 2.75) is 37.1 Å². The first-order chi connectivity index (χ1) is 10.8. The molecule has 0 saturated heterocycles. The van der Waals surface area contributed by atoms with Crippen molar-refractivity contribution in [1.29, 1.82) is 0 Å². The summed E-state index contributed by atoms with van der Waals surface area (Å²) in [5.74, 6) is -0.273. The first-order valence-electron chi connectivity index (χ1n) is 7.55. The number of nitrogens with two attached hydrogens (primary N) is 1. The Morgan fingerprint density at radius 1 is 1.25 bits per heavy atom. The molecular weight excluding hydrogens is 350 g/mol. The van der Waals surface area contributed by atoms with Crippen LogP contribution in [0.15, 0.2) is 41.8 Å². The summed E-state index contributed by atoms with van der Waals surface area (Å²) in [6, 6.07) is 5.76. The van der Waals surface area contributed by atoms with Gasteiger partial charge in [-0.2, -0.15) is 0 Å². The molecule has 0 spiro atoms. The van der Waals surface area contributed by atoms with Gasteiger partial charge < -0.3 is 11.1 Å². The van der Waals surface area contributed by atoms with Gasteiger partial charge in [0, 0.05) is 24.2 Å². The predicted molar refractivity (Wildman–Crippen MR) is 98.9 cm³/mol. The number of nitrogens with one attached hydrogen (secondary N) is 2. The Hall–Kier alpha value is -1.41. The number of rotatable bonds is 9. The van der Waals surface area contributed by atoms with Crippen molar-refractivity contribution >= 4 is 28.3 Å². The molecule has 0 aliphatic heterocycles. The lowest BCUT2D eigenvalue weighted by Crippen LogP contribution is -2.49. The van der Waals surface area contributed by atoms with Gasteiger partial charge in [0.2, 0.25) is 10.0 Å². The number of carbonyl (C=O) groups is 1. The Labute approximate surface area is 150 Å². The van der Waals surface area contributed by atoms with Crippen LogP contribution < -0.4 is 15.8 Å². The SMILES string of the molecule is C=CCNS(=O)(=O)c1ccc(C(=O)NCC(N)(CC)CC)cc1.Cl. The highest BCUT2D eigenvalue weighted by Crippen LogP contribution is 2.12. The summed E-state index contributed by atoms with van der Waals surface area (Å²) >= 11 is 0. The average molecular weight is 376 g/mol. The maximum atomic E-state index is 12.1. The van der Waals surface area contributed by atoms with Gasteiger partial charge in [-0.1, -0.05) is 19.9 Å². The summed E-state index contributed by atoms with van der Waals surface area (Å²) in [5, 5.41) is 2.79. The molecule has 0 saturated carbocycles. The molecule has 0 unspecified atom stereocenters. The van der Waals surface area contributed by atoms with Gasteiger partial charge in [0.25, 0.3) is 5.91 Å². The molecule has 0 atom stereocenters. The molecule has 4 N–H and O–H groups in total. The fourth-order valence-electron chi connectivity index (χ4n) is 1.90. The molecule has 0 radical (unpaired) electrons. The normalized spacial score (nSPS) is 11.5. The van der Waals surface area contributed by atoms with Gasteiger partial charge in [-0.15, -0.1) is 19.0 Å². The zero-order chi connectivity index (χ0) is 17.5. The highest BCUT2D eigenvalue weighted by Gasteiger charge is 2.21. The van der Waals surface area contributed by atoms with E-state index in [1.807, 2.05) is 13.8 Å². The second-order valence-electron chi connectivity index (χ2n) is 5.42. The third-order valence-electron chi connectivity index (χ3n) is 3.85. The lowest BCUT2D eigenvalue weighted by Gasteiger charge is -2.26. The quantitative estimate of drug-likeness (QED) is 0.573. The summed E-state index contributed by atoms with van der Waals surface area (Å²) in [5.41, 5.74) is 6.11. The van der Waals surface area contributed by atoms with Gasteiger partial charge in [-0.05, 0) is 37.1 Å². The third kappa shape index (κ3) is 6.24. The van der Waals surface area contributed by atoms with E-state index in [2.05, 4.69) is 16.6 Å². The fourth-order valence-corrected chi connectivity index (χ4v) is 2.89. The zero-order valence-electron chi connectivity index (χ0n) is 14.0. The van der Waals surface area contributed by atoms with E-state index in [1.165, 1.54) is 30.3 Å². The molecule has 1 aromatic rings. The molecule has 0 aliphatic carbocycles. The average Bonchev–Trinajstić information content (AvgIpc) is 2.57. The maximum absolute atomic E-state index is 12.1. The van der Waals surface area contributed by atoms with Gasteiger partial charge in [0.1, 0.15) is 0 Å². The van der Waals surface area contributed by atoms with Crippen molar-refractivity contribution in [3.8, 4) is 0 Å². The first-order valence-corrected chi connectivity index (χ1v) is 9.04. The van der Waals surface area contributed by atoms with E-state index in [4.69, 9.17) is 5.73 Å². The van der Waals surface area contributed by atoms with Gasteiger partial charge in [0.15, 0.2) is 0 Å². The van der Waals surface area contributed by atoms with Crippen LogP contribution in [0, 0.1) is 0 Å². The largest absolute Gasteiger partial charge is 0.350 e. The summed E-state index contributed by atoms with van der Waals surface area (Å²) in [6.07, 6.45) is 2.98. The maximum Gasteiger partial charge on any atom is 0.251 e. The molecule has 0 heterocycles. The third-order valence-corrected chi connectivity index (χ3v) is 5.29. The molecule has 0 fully saturated rings. The molecule has 0 aliphatic rings. The molecule has 24 heavy (non-hydrogen) atoms. The van der Waals surface area contributed by atoms with Gasteiger partial charge in [-0.3, -0.25) is 4.79 Å². The molecule has 0 bridgehead atoms. The minimum atomic E-state index is -3.58. The van der Waals surface area contributed by atoms with E-state index in [1.54, 1.807) is 0 Å². The van der Waals surface area contributed by atoms with E-state index >= 15 is 0 Å². The molecule has 8 heteroatoms. The van der Waals surface area contributed by atoms with Crippen LogP contribution in [0.4, 0.5) is 0 Å². The first kappa shape index (κ1) is 22.6. The summed E-state index contributed by atoms with van der Waals surface area (Å²) in [6.45, 7) is 7.94. The van der Waals surface area contributed by atoms with Crippen LogP contribution in [0.3, 0.4) is 0 Å². The highest BCUT2D eigenvalue weighted by molar-refractivity contribution is 7.89. The fraction of sp³-hybridized carbons (Fsp3) is 0.438. The van der Waals surface area contributed by atoms with Crippen LogP contribution in [-0.4, -0.2) is 33.0 Å². The number of halogens is 1. The smallest absolute Gasteiger partial charge is 0.251 e. The molecule has 6 nitrogen and oxygen atoms in total. The Morgan fingerprint density at radius 3 is 2.25 bits per heavy atom. The predicted octanol–water partition coefficient (Wildman–Crippen LogP) is 1.82. The van der Waals surface area contributed by atoms with Crippen molar-refractivity contribution in [3.63, 3.8) is 0 Å². The van der Waals surface area contributed by atoms with Gasteiger partial charge in [0.05, 0.1) is 4.90 Å². The van der Waals surface area contributed by atoms with Gasteiger partial charge >= 0.3 is 0 Å². The van der Waals surface area contributed by atoms with Crippen molar-refractivity contribution in [1.82, 2.24) is 10.0 Å². The highest BCUT2D eigenvalue weighted by atomic mass is 35.5. The lowest BCUT2D eigenvalue weighted by atomic mass is 9.94. The standard InChI is InChI=1S/C16H25N3O3S.ClH/c1-4-11-19-23(21,22)14-9-7-13(8-10-14)15(20)18-12-16(17,5-2)6-3;/h4,7-10,19H,1,5-6,11-12,17H2,2-3H3,(H,18,20);1H. The van der Waals surface area contributed by atoms with Crippen LogP contribution in [-0.2, 0) is 10.0 Å². The molecule has 1 rings (SSSR count). The number of hydrogen-bond donors (Lipinski definition) is 3. The van der Waals surface area contributed by atoms with E-state index < -0.39 is 15.6 Å². The van der Waals surface area contributed by atoms with Crippen molar-refractivity contribution in [2.24, 2.45) is 5.73 Å². The minimum Gasteiger partial charge on any atom is -0.350 e. The molecule has 1 amide bonds. The van der Waals surface area contributed by atoms with E-state index in [-0.39, 0.29) is 29.8 Å². The summed E-state index contributed by atoms with van der Waals surface area (Å²) in [4.78, 5) is 12.2. The van der Waals surface area contributed by atoms with Gasteiger partial charge in [-0.25, -0.2) is 13.1 Å². The van der Waals surface area contributed by atoms with Crippen LogP contribution in [0.1, 0.15) is 37.0 Å². The number of amides is 1. The van der Waals surface area contributed by atoms with Crippen molar-refractivity contribution in [2.75, 3.05) is 13.1 Å². The molecular formula is C16H26ClN3O3S. The number of carbonyl (C=O) groups excluding carboxylic acids is 1. The second-order valence-corrected chi connectivity index (χ2v) is 7.18. The number of benzene rings is 1. The van der Waals surface area contributed by atoms with E-state index in [0.717, 1.165) is 12.8 Å². The minimum absolute atomic E-state index is 0. The lowest BCUT2D eigenvalue weighted by molar-refractivity contribution is 0.0942. The molecule has 1 aromatic carbocycles.